The summed E-state index contributed by atoms with van der Waals surface area (Å²) in [6.45, 7) is 0.502. The summed E-state index contributed by atoms with van der Waals surface area (Å²) in [6.07, 6.45) is -0.111. The summed E-state index contributed by atoms with van der Waals surface area (Å²) >= 11 is 0. The molecule has 0 saturated carbocycles. The van der Waals surface area contributed by atoms with E-state index in [-0.39, 0.29) is 18.8 Å². The lowest BCUT2D eigenvalue weighted by Crippen LogP contribution is -2.25. The Hall–Kier alpha value is -2.08. The third-order valence-corrected chi connectivity index (χ3v) is 4.18. The van der Waals surface area contributed by atoms with Crippen molar-refractivity contribution in [1.82, 2.24) is 5.32 Å². The molecule has 3 aliphatic heterocycles. The number of hydrogen-bond donors (Lipinski definition) is 2. The maximum absolute atomic E-state index is 11.1. The van der Waals surface area contributed by atoms with Crippen molar-refractivity contribution < 1.29 is 32.2 Å². The fraction of sp³-hybridized carbons (Fsp3) is 0.500. The monoisotopic (exact) mass is 374 g/mol. The Morgan fingerprint density at radius 1 is 1.40 bits per heavy atom. The molecule has 10 nitrogen and oxygen atoms in total. The van der Waals surface area contributed by atoms with Crippen LogP contribution in [0, 0.1) is 10.1 Å². The first-order valence-electron chi connectivity index (χ1n) is 7.36. The molecule has 3 unspecified atom stereocenters. The second kappa shape index (κ2) is 7.87. The van der Waals surface area contributed by atoms with Crippen LogP contribution in [0.15, 0.2) is 24.3 Å². The largest absolute Gasteiger partial charge is 0.395 e. The smallest absolute Gasteiger partial charge is 0.383 e. The zero-order valence-corrected chi connectivity index (χ0v) is 14.1. The Morgan fingerprint density at radius 2 is 2.04 bits per heavy atom. The standard InChI is InChI=1S/C8H5NO4.C6H13NO4S/c10-8-6-3-1-5(2-4-6)7(13-8)9(11)12;1-12(9,10)11-6-2-5(4-8)7-3-6/h1-4,7H;5-8H,2-4H2,1H3. The van der Waals surface area contributed by atoms with E-state index in [2.05, 4.69) is 10.1 Å². The summed E-state index contributed by atoms with van der Waals surface area (Å²) in [5, 5.41) is 22.1. The van der Waals surface area contributed by atoms with Crippen molar-refractivity contribution in [2.75, 3.05) is 19.4 Å². The third-order valence-electron chi connectivity index (χ3n) is 3.55. The average Bonchev–Trinajstić information content (AvgIpc) is 2.84. The number of fused-ring (bicyclic) bond motifs is 4. The highest BCUT2D eigenvalue weighted by Gasteiger charge is 2.31. The lowest BCUT2D eigenvalue weighted by atomic mass is 10.1. The minimum atomic E-state index is -3.36. The Morgan fingerprint density at radius 3 is 2.52 bits per heavy atom. The molecule has 1 fully saturated rings. The van der Waals surface area contributed by atoms with Crippen LogP contribution in [0.5, 0.6) is 0 Å². The molecule has 2 bridgehead atoms. The predicted molar refractivity (Wildman–Crippen MR) is 84.8 cm³/mol. The normalized spacial score (nSPS) is 24.9. The van der Waals surface area contributed by atoms with E-state index in [1.807, 2.05) is 0 Å². The molecule has 1 aromatic carbocycles. The van der Waals surface area contributed by atoms with Crippen molar-refractivity contribution >= 4 is 16.1 Å². The van der Waals surface area contributed by atoms with Gasteiger partial charge in [0.1, 0.15) is 0 Å². The predicted octanol–water partition coefficient (Wildman–Crippen LogP) is -0.182. The van der Waals surface area contributed by atoms with Gasteiger partial charge < -0.3 is 15.2 Å². The van der Waals surface area contributed by atoms with E-state index < -0.39 is 27.2 Å². The lowest BCUT2D eigenvalue weighted by Gasteiger charge is -2.07. The molecule has 3 aliphatic rings. The maximum atomic E-state index is 11.1. The minimum absolute atomic E-state index is 0.0175. The third kappa shape index (κ3) is 5.46. The van der Waals surface area contributed by atoms with Gasteiger partial charge in [0.25, 0.3) is 10.1 Å². The molecular formula is C14H18N2O8S. The van der Waals surface area contributed by atoms with E-state index in [1.165, 1.54) is 24.3 Å². The maximum Gasteiger partial charge on any atom is 0.383 e. The molecule has 138 valence electrons. The van der Waals surface area contributed by atoms with E-state index in [4.69, 9.17) is 9.29 Å². The number of ether oxygens (including phenoxy) is 1. The van der Waals surface area contributed by atoms with Gasteiger partial charge in [0.05, 0.1) is 35.0 Å². The van der Waals surface area contributed by atoms with E-state index in [9.17, 15) is 23.3 Å². The second-order valence-electron chi connectivity index (χ2n) is 5.61. The number of nitrogens with one attached hydrogen (secondary N) is 1. The molecule has 0 aromatic heterocycles. The van der Waals surface area contributed by atoms with Crippen LogP contribution in [-0.4, -0.2) is 56.0 Å². The van der Waals surface area contributed by atoms with Crippen molar-refractivity contribution in [3.63, 3.8) is 0 Å². The average molecular weight is 374 g/mol. The molecule has 1 aromatic rings. The van der Waals surface area contributed by atoms with Crippen LogP contribution in [0.2, 0.25) is 0 Å². The van der Waals surface area contributed by atoms with E-state index in [0.717, 1.165) is 6.26 Å². The summed E-state index contributed by atoms with van der Waals surface area (Å²) in [6, 6.07) is 6.04. The van der Waals surface area contributed by atoms with Crippen molar-refractivity contribution in [3.05, 3.63) is 45.5 Å². The number of hydrogen-bond acceptors (Lipinski definition) is 9. The quantitative estimate of drug-likeness (QED) is 0.317. The molecule has 1 saturated heterocycles. The Balaban J connectivity index is 0.000000181. The van der Waals surface area contributed by atoms with Gasteiger partial charge in [0.15, 0.2) is 0 Å². The SMILES string of the molecule is CS(=O)(=O)OC1CNC(CO)C1.O=C1OC([N+](=O)[O-])c2ccc1cc2. The molecule has 0 aliphatic carbocycles. The molecule has 3 atom stereocenters. The van der Waals surface area contributed by atoms with Gasteiger partial charge in [-0.1, -0.05) is 0 Å². The summed E-state index contributed by atoms with van der Waals surface area (Å²) in [7, 11) is -3.36. The molecule has 0 amide bonds. The summed E-state index contributed by atoms with van der Waals surface area (Å²) in [4.78, 5) is 20.9. The number of aliphatic hydroxyl groups is 1. The van der Waals surface area contributed by atoms with Gasteiger partial charge in [-0.2, -0.15) is 8.42 Å². The number of aliphatic hydroxyl groups excluding tert-OH is 1. The zero-order valence-electron chi connectivity index (χ0n) is 13.3. The first-order valence-corrected chi connectivity index (χ1v) is 9.18. The number of nitro groups is 1. The van der Waals surface area contributed by atoms with Crippen LogP contribution in [0.25, 0.3) is 0 Å². The molecule has 4 rings (SSSR count). The van der Waals surface area contributed by atoms with Crippen LogP contribution in [0.4, 0.5) is 0 Å². The molecule has 0 radical (unpaired) electrons. The van der Waals surface area contributed by atoms with Crippen LogP contribution in [-0.2, 0) is 19.0 Å². The first kappa shape index (κ1) is 19.2. The summed E-state index contributed by atoms with van der Waals surface area (Å²) < 4.78 is 30.7. The van der Waals surface area contributed by atoms with Gasteiger partial charge in [0, 0.05) is 12.6 Å². The fourth-order valence-electron chi connectivity index (χ4n) is 2.43. The molecule has 25 heavy (non-hydrogen) atoms. The topological polar surface area (TPSA) is 145 Å². The van der Waals surface area contributed by atoms with Gasteiger partial charge >= 0.3 is 12.2 Å². The molecular weight excluding hydrogens is 356 g/mol. The van der Waals surface area contributed by atoms with E-state index in [1.54, 1.807) is 0 Å². The highest BCUT2D eigenvalue weighted by atomic mass is 32.2. The number of benzene rings is 1. The second-order valence-corrected chi connectivity index (χ2v) is 7.21. The minimum Gasteiger partial charge on any atom is -0.395 e. The van der Waals surface area contributed by atoms with Crippen LogP contribution in [0.1, 0.15) is 28.6 Å². The van der Waals surface area contributed by atoms with Crippen molar-refractivity contribution in [1.29, 1.82) is 0 Å². The van der Waals surface area contributed by atoms with Crippen LogP contribution >= 0.6 is 0 Å². The lowest BCUT2D eigenvalue weighted by molar-refractivity contribution is -0.574. The number of carbonyl (C=O) groups is 1. The zero-order chi connectivity index (χ0) is 18.6. The van der Waals surface area contributed by atoms with Gasteiger partial charge in [-0.05, 0) is 30.7 Å². The van der Waals surface area contributed by atoms with Crippen LogP contribution in [0.3, 0.4) is 0 Å². The van der Waals surface area contributed by atoms with Crippen molar-refractivity contribution in [3.8, 4) is 0 Å². The molecule has 0 spiro atoms. The number of rotatable bonds is 4. The Kier molecular flexibility index (Phi) is 6.06. The number of esters is 1. The van der Waals surface area contributed by atoms with Crippen molar-refractivity contribution in [2.45, 2.75) is 24.8 Å². The van der Waals surface area contributed by atoms with Crippen LogP contribution < -0.4 is 5.32 Å². The van der Waals surface area contributed by atoms with Crippen molar-refractivity contribution in [2.24, 2.45) is 0 Å². The Labute approximate surface area is 144 Å². The molecule has 2 N–H and O–H groups in total. The van der Waals surface area contributed by atoms with Gasteiger partial charge in [0.2, 0.25) is 0 Å². The van der Waals surface area contributed by atoms with Gasteiger partial charge in [-0.25, -0.2) is 4.79 Å². The fourth-order valence-corrected chi connectivity index (χ4v) is 3.07. The van der Waals surface area contributed by atoms with Gasteiger partial charge in [-0.3, -0.25) is 14.3 Å². The highest BCUT2D eigenvalue weighted by molar-refractivity contribution is 7.86. The number of carbonyl (C=O) groups excluding carboxylic acids is 1. The van der Waals surface area contributed by atoms with E-state index >= 15 is 0 Å². The highest BCUT2D eigenvalue weighted by Crippen LogP contribution is 2.24. The van der Waals surface area contributed by atoms with Gasteiger partial charge in [-0.15, -0.1) is 0 Å². The van der Waals surface area contributed by atoms with E-state index in [0.29, 0.717) is 24.1 Å². The molecule has 11 heteroatoms. The Bertz CT molecular complexity index is 734. The molecule has 3 heterocycles. The number of nitrogens with zero attached hydrogens (tertiary/aromatic N) is 1. The summed E-state index contributed by atoms with van der Waals surface area (Å²) in [5.74, 6) is -0.651. The summed E-state index contributed by atoms with van der Waals surface area (Å²) in [5.41, 5.74) is 0.729. The first-order chi connectivity index (χ1) is 11.7.